The molecule has 21 aromatic rings. The summed E-state index contributed by atoms with van der Waals surface area (Å²) in [6.07, 6.45) is 0. The summed E-state index contributed by atoms with van der Waals surface area (Å²) in [5.41, 5.74) is 21.0. The van der Waals surface area contributed by atoms with E-state index in [1.165, 1.54) is 37.9 Å². The Bertz CT molecular complexity index is 7130. The molecule has 0 saturated carbocycles. The molecule has 17 aromatic carbocycles. The summed E-state index contributed by atoms with van der Waals surface area (Å²) < 4.78 is 15.0. The third-order valence-electron chi connectivity index (χ3n) is 21.3. The number of hydrogen-bond donors (Lipinski definition) is 0. The normalized spacial score (nSPS) is 11.7. The first-order valence-corrected chi connectivity index (χ1v) is 38.8. The highest BCUT2D eigenvalue weighted by Gasteiger charge is 2.30. The summed E-state index contributed by atoms with van der Waals surface area (Å²) in [6, 6.07) is 136. The van der Waals surface area contributed by atoms with Gasteiger partial charge in [0, 0.05) is 81.6 Å². The number of nitrogens with zero attached hydrogens (tertiary/aromatic N) is 6. The molecule has 0 radical (unpaired) electrons. The van der Waals surface area contributed by atoms with Crippen LogP contribution >= 0.6 is 7.14 Å². The van der Waals surface area contributed by atoms with Gasteiger partial charge in [-0.25, -0.2) is 29.9 Å². The van der Waals surface area contributed by atoms with Crippen molar-refractivity contribution in [1.82, 2.24) is 29.9 Å². The fourth-order valence-electron chi connectivity index (χ4n) is 16.1. The maximum atomic E-state index is 15.0. The van der Waals surface area contributed by atoms with Crippen LogP contribution in [-0.2, 0) is 4.57 Å². The molecule has 0 bridgehead atoms. The van der Waals surface area contributed by atoms with Crippen LogP contribution in [0, 0.1) is 0 Å². The van der Waals surface area contributed by atoms with Crippen molar-refractivity contribution < 1.29 is 4.57 Å². The van der Waals surface area contributed by atoms with Crippen LogP contribution in [0.5, 0.6) is 0 Å². The van der Waals surface area contributed by atoms with E-state index in [0.29, 0.717) is 0 Å². The number of rotatable bonds is 11. The van der Waals surface area contributed by atoms with Gasteiger partial charge in [0.2, 0.25) is 0 Å². The molecule has 0 saturated heterocycles. The smallest absolute Gasteiger partial charge is 0.171 e. The Morgan fingerprint density at radius 1 is 0.164 bits per heavy atom. The first-order valence-electron chi connectivity index (χ1n) is 37.1. The van der Waals surface area contributed by atoms with E-state index in [2.05, 4.69) is 267 Å². The highest BCUT2D eigenvalue weighted by atomic mass is 31.2. The van der Waals surface area contributed by atoms with Gasteiger partial charge in [0.05, 0.1) is 67.3 Å². The first kappa shape index (κ1) is 65.3. The SMILES string of the molecule is O=P(c1ccccc1)(c1ccccc1)c1ccc(-c2cccc(-c3nc4ccccc4c4c3ccc3nc(-c5ccccc5)c(-c5ccccc5)nc34)c2)cc1.c1ccc(-c2nc3ccc4c(-c5cccc(-c6ccc7c8ccccc8c8ccccc8c7c6)c5)nc5ccccc5c4c3nc2-c2ccccc2)cc1. The minimum absolute atomic E-state index is 0.801. The van der Waals surface area contributed by atoms with Crippen LogP contribution in [0.25, 0.3) is 188 Å². The minimum Gasteiger partial charge on any atom is -0.309 e. The highest BCUT2D eigenvalue weighted by Crippen LogP contribution is 2.46. The Morgan fingerprint density at radius 3 is 0.864 bits per heavy atom. The number of para-hydroxylation sites is 2. The van der Waals surface area contributed by atoms with Crippen molar-refractivity contribution in [1.29, 1.82) is 0 Å². The molecule has 110 heavy (non-hydrogen) atoms. The van der Waals surface area contributed by atoms with E-state index in [-0.39, 0.29) is 0 Å². The van der Waals surface area contributed by atoms with Crippen molar-refractivity contribution in [3.8, 4) is 89.8 Å². The van der Waals surface area contributed by atoms with Gasteiger partial charge in [0.1, 0.15) is 0 Å². The van der Waals surface area contributed by atoms with Gasteiger partial charge in [0.15, 0.2) is 7.14 Å². The molecule has 0 aliphatic rings. The van der Waals surface area contributed by atoms with Crippen LogP contribution in [0.3, 0.4) is 0 Å². The molecule has 514 valence electrons. The molecular formula is C102H65N6OP. The van der Waals surface area contributed by atoms with Crippen LogP contribution in [0.1, 0.15) is 0 Å². The van der Waals surface area contributed by atoms with Gasteiger partial charge in [-0.2, -0.15) is 0 Å². The average molecular weight is 1420 g/mol. The van der Waals surface area contributed by atoms with Crippen molar-refractivity contribution in [3.05, 3.63) is 394 Å². The Labute approximate surface area is 635 Å². The summed E-state index contributed by atoms with van der Waals surface area (Å²) in [5.74, 6) is 0. The quantitative estimate of drug-likeness (QED) is 0.0940. The topological polar surface area (TPSA) is 94.4 Å². The van der Waals surface area contributed by atoms with E-state index >= 15 is 4.57 Å². The molecule has 8 heteroatoms. The lowest BCUT2D eigenvalue weighted by Gasteiger charge is -2.20. The largest absolute Gasteiger partial charge is 0.309 e. The van der Waals surface area contributed by atoms with E-state index in [0.717, 1.165) is 166 Å². The molecule has 7 nitrogen and oxygen atoms in total. The maximum Gasteiger partial charge on any atom is 0.171 e. The first-order chi connectivity index (χ1) is 54.4. The number of pyridine rings is 2. The highest BCUT2D eigenvalue weighted by molar-refractivity contribution is 7.85. The predicted octanol–water partition coefficient (Wildman–Crippen LogP) is 25.1. The predicted molar refractivity (Wildman–Crippen MR) is 460 cm³/mol. The van der Waals surface area contributed by atoms with Gasteiger partial charge in [0.25, 0.3) is 0 Å². The molecule has 0 aliphatic carbocycles. The summed E-state index contributed by atoms with van der Waals surface area (Å²) >= 11 is 0. The van der Waals surface area contributed by atoms with E-state index in [9.17, 15) is 0 Å². The van der Waals surface area contributed by atoms with Crippen molar-refractivity contribution in [2.45, 2.75) is 0 Å². The summed E-state index contributed by atoms with van der Waals surface area (Å²) in [4.78, 5) is 32.2. The lowest BCUT2D eigenvalue weighted by molar-refractivity contribution is 0.592. The molecule has 4 aromatic heterocycles. The lowest BCUT2D eigenvalue weighted by Crippen LogP contribution is -2.24. The van der Waals surface area contributed by atoms with Crippen molar-refractivity contribution in [3.63, 3.8) is 0 Å². The summed E-state index contributed by atoms with van der Waals surface area (Å²) in [6.45, 7) is 0. The standard InChI is InChI=1S/C51H34N3OP.C51H31N3/c55-56(40-22-9-3-10-23-40,41-24-11-4-12-25-41)42-30-28-35(29-31-42)38-20-15-21-39(34-38)48-44-32-33-46-51(47(44)43-26-13-14-27-45(43)52-48)54-50(37-18-7-2-8-19-37)49(53-46)36-16-5-1-6-17-36;1-3-14-32(15-4-1)49-50(33-16-5-2-6-17-33)54-51-46(53-49)29-28-43-47(51)42-24-11-12-25-45(42)52-48(43)36-19-13-18-34(30-36)35-26-27-41-39-22-8-7-20-37(39)38-21-9-10-23-40(38)44(41)31-35/h1-34H;1-31H. The Kier molecular flexibility index (Phi) is 16.4. The second-order valence-electron chi connectivity index (χ2n) is 27.8. The lowest BCUT2D eigenvalue weighted by atomic mass is 9.91. The second kappa shape index (κ2) is 27.6. The molecule has 21 rings (SSSR count). The molecular weight excluding hydrogens is 1360 g/mol. The third-order valence-corrected chi connectivity index (χ3v) is 24.4. The molecule has 0 spiro atoms. The maximum absolute atomic E-state index is 15.0. The van der Waals surface area contributed by atoms with Crippen molar-refractivity contribution in [2.24, 2.45) is 0 Å². The Hall–Kier alpha value is -14.2. The van der Waals surface area contributed by atoms with Crippen LogP contribution in [0.2, 0.25) is 0 Å². The zero-order valence-electron chi connectivity index (χ0n) is 59.6. The molecule has 0 amide bonds. The summed E-state index contributed by atoms with van der Waals surface area (Å²) in [7, 11) is -3.08. The minimum atomic E-state index is -3.08. The third kappa shape index (κ3) is 11.5. The van der Waals surface area contributed by atoms with Gasteiger partial charge in [-0.05, 0) is 109 Å². The Morgan fingerprint density at radius 2 is 0.445 bits per heavy atom. The monoisotopic (exact) mass is 1420 g/mol. The fourth-order valence-corrected chi connectivity index (χ4v) is 18.8. The zero-order valence-corrected chi connectivity index (χ0v) is 60.5. The molecule has 0 aliphatic heterocycles. The van der Waals surface area contributed by atoms with Gasteiger partial charge < -0.3 is 4.57 Å². The second-order valence-corrected chi connectivity index (χ2v) is 30.6. The van der Waals surface area contributed by atoms with Crippen molar-refractivity contribution >= 4 is 121 Å². The van der Waals surface area contributed by atoms with Crippen LogP contribution in [-0.4, -0.2) is 29.9 Å². The van der Waals surface area contributed by atoms with E-state index in [1.54, 1.807) is 0 Å². The molecule has 0 N–H and O–H groups in total. The number of hydrogen-bond acceptors (Lipinski definition) is 7. The Balaban J connectivity index is 0.000000144. The number of aromatic nitrogens is 6. The van der Waals surface area contributed by atoms with Crippen LogP contribution in [0.4, 0.5) is 0 Å². The average Bonchev–Trinajstić information content (AvgIpc) is 0.738. The fraction of sp³-hybridized carbons (Fsp3) is 0. The number of fused-ring (bicyclic) bond motifs is 16. The number of benzene rings is 17. The molecule has 0 fully saturated rings. The molecule has 4 heterocycles. The van der Waals surface area contributed by atoms with Gasteiger partial charge in [-0.3, -0.25) is 0 Å². The van der Waals surface area contributed by atoms with E-state index < -0.39 is 7.14 Å². The molecule has 0 unspecified atom stereocenters. The molecule has 0 atom stereocenters. The summed E-state index contributed by atoms with van der Waals surface area (Å²) in [5, 5.41) is 16.3. The van der Waals surface area contributed by atoms with Gasteiger partial charge >= 0.3 is 0 Å². The van der Waals surface area contributed by atoms with Gasteiger partial charge in [-0.1, -0.05) is 340 Å². The van der Waals surface area contributed by atoms with E-state index in [1.807, 2.05) is 127 Å². The van der Waals surface area contributed by atoms with Crippen molar-refractivity contribution in [2.75, 3.05) is 0 Å². The van der Waals surface area contributed by atoms with Crippen LogP contribution < -0.4 is 15.9 Å². The zero-order chi connectivity index (χ0) is 73.1. The van der Waals surface area contributed by atoms with Crippen LogP contribution in [0.15, 0.2) is 394 Å². The van der Waals surface area contributed by atoms with Gasteiger partial charge in [-0.15, -0.1) is 0 Å². The van der Waals surface area contributed by atoms with E-state index in [4.69, 9.17) is 29.9 Å².